The molecule has 3 rings (SSSR count). The van der Waals surface area contributed by atoms with Gasteiger partial charge in [0.2, 0.25) is 6.10 Å². The van der Waals surface area contributed by atoms with Crippen molar-refractivity contribution in [2.75, 3.05) is 11.5 Å². The Hall–Kier alpha value is -1.92. The molecule has 0 aliphatic carbocycles. The van der Waals surface area contributed by atoms with E-state index in [2.05, 4.69) is 0 Å². The monoisotopic (exact) mass is 359 g/mol. The third-order valence-electron chi connectivity index (χ3n) is 3.63. The fourth-order valence-electron chi connectivity index (χ4n) is 2.42. The van der Waals surface area contributed by atoms with Crippen LogP contribution in [0.2, 0.25) is 0 Å². The van der Waals surface area contributed by atoms with Gasteiger partial charge in [-0.1, -0.05) is 42.5 Å². The van der Waals surface area contributed by atoms with E-state index in [0.29, 0.717) is 15.7 Å². The first kappa shape index (κ1) is 16.9. The van der Waals surface area contributed by atoms with Gasteiger partial charge < -0.3 is 10.5 Å². The molecule has 0 bridgehead atoms. The largest absolute Gasteiger partial charge is 0.444 e. The zero-order valence-electron chi connectivity index (χ0n) is 12.9. The molecule has 1 amide bonds. The Bertz CT molecular complexity index is 713. The van der Waals surface area contributed by atoms with Gasteiger partial charge in [-0.2, -0.15) is 0 Å². The summed E-state index contributed by atoms with van der Waals surface area (Å²) >= 11 is 3.81. The highest BCUT2D eigenvalue weighted by atomic mass is 32.2. The second-order valence-electron chi connectivity index (χ2n) is 5.29. The molecule has 1 fully saturated rings. The fourth-order valence-corrected chi connectivity index (χ4v) is 5.28. The molecule has 6 heteroatoms. The van der Waals surface area contributed by atoms with Crippen molar-refractivity contribution in [3.63, 3.8) is 0 Å². The molecule has 0 unspecified atom stereocenters. The van der Waals surface area contributed by atoms with Gasteiger partial charge in [0.15, 0.2) is 0 Å². The molecule has 0 saturated carbocycles. The van der Waals surface area contributed by atoms with Crippen molar-refractivity contribution in [2.45, 2.75) is 10.7 Å². The SMILES string of the molecule is NC(=O)[C@@H](OC(=O)c1ccc(C2SCCS2)cc1)c1ccccc1. The van der Waals surface area contributed by atoms with Gasteiger partial charge in [-0.15, -0.1) is 23.5 Å². The van der Waals surface area contributed by atoms with Crippen molar-refractivity contribution < 1.29 is 14.3 Å². The molecule has 1 saturated heterocycles. The summed E-state index contributed by atoms with van der Waals surface area (Å²) in [7, 11) is 0. The summed E-state index contributed by atoms with van der Waals surface area (Å²) in [6.07, 6.45) is -1.08. The van der Waals surface area contributed by atoms with E-state index >= 15 is 0 Å². The lowest BCUT2D eigenvalue weighted by Gasteiger charge is -2.15. The summed E-state index contributed by atoms with van der Waals surface area (Å²) in [5.74, 6) is 1.05. The molecule has 0 spiro atoms. The molecule has 1 heterocycles. The Kier molecular flexibility index (Phi) is 5.48. The number of rotatable bonds is 5. The van der Waals surface area contributed by atoms with Crippen LogP contribution in [-0.4, -0.2) is 23.4 Å². The van der Waals surface area contributed by atoms with Gasteiger partial charge in [-0.05, 0) is 17.7 Å². The Labute approximate surface area is 149 Å². The Balaban J connectivity index is 1.72. The second-order valence-corrected chi connectivity index (χ2v) is 8.02. The van der Waals surface area contributed by atoms with Gasteiger partial charge in [0.05, 0.1) is 10.1 Å². The molecule has 1 atom stereocenters. The highest BCUT2D eigenvalue weighted by molar-refractivity contribution is 8.19. The average Bonchev–Trinajstić information content (AvgIpc) is 3.15. The van der Waals surface area contributed by atoms with E-state index in [-0.39, 0.29) is 0 Å². The fraction of sp³-hybridized carbons (Fsp3) is 0.222. The molecule has 2 N–H and O–H groups in total. The number of primary amides is 1. The molecule has 2 aromatic rings. The van der Waals surface area contributed by atoms with E-state index in [1.807, 2.05) is 41.7 Å². The summed E-state index contributed by atoms with van der Waals surface area (Å²) in [6.45, 7) is 0. The van der Waals surface area contributed by atoms with Gasteiger partial charge in [0.1, 0.15) is 0 Å². The molecule has 124 valence electrons. The summed E-state index contributed by atoms with van der Waals surface area (Å²) in [6, 6.07) is 16.1. The number of hydrogen-bond donors (Lipinski definition) is 1. The molecule has 4 nitrogen and oxygen atoms in total. The van der Waals surface area contributed by atoms with Gasteiger partial charge in [0, 0.05) is 17.1 Å². The van der Waals surface area contributed by atoms with Crippen LogP contribution in [0.3, 0.4) is 0 Å². The smallest absolute Gasteiger partial charge is 0.339 e. The first-order valence-corrected chi connectivity index (χ1v) is 9.63. The summed E-state index contributed by atoms with van der Waals surface area (Å²) < 4.78 is 5.75. The number of nitrogens with two attached hydrogens (primary N) is 1. The van der Waals surface area contributed by atoms with Crippen molar-refractivity contribution in [2.24, 2.45) is 5.73 Å². The van der Waals surface area contributed by atoms with Crippen molar-refractivity contribution in [3.05, 3.63) is 71.3 Å². The first-order valence-electron chi connectivity index (χ1n) is 7.53. The topological polar surface area (TPSA) is 69.4 Å². The Morgan fingerprint density at radius 2 is 1.62 bits per heavy atom. The van der Waals surface area contributed by atoms with Crippen molar-refractivity contribution in [1.29, 1.82) is 0 Å². The van der Waals surface area contributed by atoms with E-state index in [9.17, 15) is 9.59 Å². The van der Waals surface area contributed by atoms with E-state index in [1.54, 1.807) is 36.4 Å². The third-order valence-corrected chi connectivity index (χ3v) is 6.73. The molecule has 0 radical (unpaired) electrons. The number of benzene rings is 2. The standard InChI is InChI=1S/C18H17NO3S2/c19-16(20)15(12-4-2-1-3-5-12)22-17(21)13-6-8-14(9-7-13)18-23-10-11-24-18/h1-9,15,18H,10-11H2,(H2,19,20)/t15-/m0/s1. The number of amides is 1. The maximum atomic E-state index is 12.3. The number of carbonyl (C=O) groups excluding carboxylic acids is 2. The van der Waals surface area contributed by atoms with Crippen LogP contribution in [0.25, 0.3) is 0 Å². The van der Waals surface area contributed by atoms with Crippen LogP contribution in [-0.2, 0) is 9.53 Å². The summed E-state index contributed by atoms with van der Waals surface area (Å²) in [5.41, 5.74) is 7.54. The summed E-state index contributed by atoms with van der Waals surface area (Å²) in [5, 5.41) is 0. The molecule has 1 aliphatic heterocycles. The summed E-state index contributed by atoms with van der Waals surface area (Å²) in [4.78, 5) is 24.0. The van der Waals surface area contributed by atoms with E-state index in [1.165, 1.54) is 5.56 Å². The maximum Gasteiger partial charge on any atom is 0.339 e. The minimum Gasteiger partial charge on any atom is -0.444 e. The predicted molar refractivity (Wildman–Crippen MR) is 97.9 cm³/mol. The second kappa shape index (κ2) is 7.77. The minimum atomic E-state index is -1.08. The maximum absolute atomic E-state index is 12.3. The van der Waals surface area contributed by atoms with Crippen molar-refractivity contribution >= 4 is 35.4 Å². The zero-order valence-corrected chi connectivity index (χ0v) is 14.5. The van der Waals surface area contributed by atoms with Crippen LogP contribution < -0.4 is 5.73 Å². The van der Waals surface area contributed by atoms with Gasteiger partial charge in [-0.25, -0.2) is 4.79 Å². The van der Waals surface area contributed by atoms with Crippen LogP contribution in [0.4, 0.5) is 0 Å². The van der Waals surface area contributed by atoms with Crippen LogP contribution >= 0.6 is 23.5 Å². The minimum absolute atomic E-state index is 0.411. The molecule has 1 aliphatic rings. The van der Waals surface area contributed by atoms with Crippen LogP contribution in [0.15, 0.2) is 54.6 Å². The molecule has 0 aromatic heterocycles. The molecular formula is C18H17NO3S2. The molecule has 24 heavy (non-hydrogen) atoms. The van der Waals surface area contributed by atoms with Crippen molar-refractivity contribution in [3.8, 4) is 0 Å². The number of carbonyl (C=O) groups is 2. The number of ether oxygens (including phenoxy) is 1. The van der Waals surface area contributed by atoms with Crippen molar-refractivity contribution in [1.82, 2.24) is 0 Å². The number of esters is 1. The van der Waals surface area contributed by atoms with Gasteiger partial charge in [-0.3, -0.25) is 4.79 Å². The third kappa shape index (κ3) is 3.94. The van der Waals surface area contributed by atoms with Gasteiger partial charge in [0.25, 0.3) is 5.91 Å². The highest BCUT2D eigenvalue weighted by Gasteiger charge is 2.24. The quantitative estimate of drug-likeness (QED) is 0.827. The highest BCUT2D eigenvalue weighted by Crippen LogP contribution is 2.45. The average molecular weight is 359 g/mol. The zero-order chi connectivity index (χ0) is 16.9. The van der Waals surface area contributed by atoms with E-state index in [4.69, 9.17) is 10.5 Å². The van der Waals surface area contributed by atoms with Crippen LogP contribution in [0, 0.1) is 0 Å². The number of thioether (sulfide) groups is 2. The lowest BCUT2D eigenvalue weighted by Crippen LogP contribution is -2.26. The van der Waals surface area contributed by atoms with E-state index in [0.717, 1.165) is 11.5 Å². The Morgan fingerprint density at radius 3 is 2.21 bits per heavy atom. The lowest BCUT2D eigenvalue weighted by molar-refractivity contribution is -0.127. The Morgan fingerprint density at radius 1 is 1.00 bits per heavy atom. The van der Waals surface area contributed by atoms with E-state index < -0.39 is 18.0 Å². The number of hydrogen-bond acceptors (Lipinski definition) is 5. The lowest BCUT2D eigenvalue weighted by atomic mass is 10.1. The van der Waals surface area contributed by atoms with Gasteiger partial charge >= 0.3 is 5.97 Å². The van der Waals surface area contributed by atoms with Crippen LogP contribution in [0.1, 0.15) is 32.2 Å². The van der Waals surface area contributed by atoms with Crippen LogP contribution in [0.5, 0.6) is 0 Å². The molecule has 2 aromatic carbocycles. The normalized spacial score (nSPS) is 15.8. The molecular weight excluding hydrogens is 342 g/mol. The first-order chi connectivity index (χ1) is 11.6. The predicted octanol–water partition coefficient (Wildman–Crippen LogP) is 3.55.